The first-order valence-corrected chi connectivity index (χ1v) is 14.5. The molecule has 2 aromatic rings. The van der Waals surface area contributed by atoms with Crippen LogP contribution in [0.15, 0.2) is 84.7 Å². The Morgan fingerprint density at radius 1 is 1.13 bits per heavy atom. The molecule has 1 amide bonds. The van der Waals surface area contributed by atoms with Crippen LogP contribution < -0.4 is 4.90 Å². The van der Waals surface area contributed by atoms with Crippen molar-refractivity contribution in [1.82, 2.24) is 0 Å². The van der Waals surface area contributed by atoms with Gasteiger partial charge in [-0.1, -0.05) is 30.7 Å². The first-order chi connectivity index (χ1) is 21.9. The van der Waals surface area contributed by atoms with Gasteiger partial charge in [0.2, 0.25) is 12.2 Å². The molecule has 2 saturated heterocycles. The number of β-lactam (4-membered cyclic amide) rings is 1. The predicted octanol–water partition coefficient (Wildman–Crippen LogP) is 3.06. The summed E-state index contributed by atoms with van der Waals surface area (Å²) in [6, 6.07) is 11.3. The van der Waals surface area contributed by atoms with Crippen molar-refractivity contribution in [2.24, 2.45) is 5.92 Å². The predicted molar refractivity (Wildman–Crippen MR) is 162 cm³/mol. The van der Waals surface area contributed by atoms with Gasteiger partial charge in [0.15, 0.2) is 6.10 Å². The molecule has 2 aliphatic heterocycles. The lowest BCUT2D eigenvalue weighted by Crippen LogP contribution is -2.61. The number of hydrogen-bond acceptors (Lipinski definition) is 8. The highest BCUT2D eigenvalue weighted by molar-refractivity contribution is 6.04. The topological polar surface area (TPSA) is 174 Å². The lowest BCUT2D eigenvalue weighted by Gasteiger charge is -2.48. The number of carbonyl (C=O) groups is 3. The summed E-state index contributed by atoms with van der Waals surface area (Å²) < 4.78 is 24.4. The van der Waals surface area contributed by atoms with Crippen molar-refractivity contribution >= 4 is 23.5 Å². The summed E-state index contributed by atoms with van der Waals surface area (Å²) in [5, 5.41) is 49.2. The second-order valence-electron chi connectivity index (χ2n) is 10.8. The maximum atomic E-state index is 13.5. The number of halogens is 1. The molecule has 0 radical (unpaired) electrons. The molecule has 2 aliphatic rings. The van der Waals surface area contributed by atoms with Gasteiger partial charge in [-0.3, -0.25) is 4.79 Å². The van der Waals surface area contributed by atoms with Gasteiger partial charge in [-0.15, -0.1) is 0 Å². The second-order valence-corrected chi connectivity index (χ2v) is 10.8. The summed E-state index contributed by atoms with van der Waals surface area (Å²) in [4.78, 5) is 37.2. The summed E-state index contributed by atoms with van der Waals surface area (Å²) in [7, 11) is 0. The van der Waals surface area contributed by atoms with E-state index in [9.17, 15) is 39.2 Å². The first-order valence-electron chi connectivity index (χ1n) is 14.5. The largest absolute Gasteiger partial charge is 0.479 e. The maximum Gasteiger partial charge on any atom is 0.382 e. The Balaban J connectivity index is 1.53. The number of amides is 1. The van der Waals surface area contributed by atoms with E-state index in [1.54, 1.807) is 37.3 Å². The highest BCUT2D eigenvalue weighted by Gasteiger charge is 2.48. The molecule has 12 heteroatoms. The van der Waals surface area contributed by atoms with Crippen LogP contribution in [0.2, 0.25) is 0 Å². The SMILES string of the molecule is C=C(/C=C\C(=C/C)O[C@@H]1O[C@H](C(=O)O)C[C@H](O)[C@H]1O)[C@@H]1[C@@H](CC[C@H](O)c2ccc(F)cc2)C(=O)N1c1ccc(C#CC(=O)O)cc1. The zero-order valence-electron chi connectivity index (χ0n) is 24.8. The molecule has 0 spiro atoms. The van der Waals surface area contributed by atoms with Crippen LogP contribution in [0.5, 0.6) is 0 Å². The number of anilines is 1. The van der Waals surface area contributed by atoms with Gasteiger partial charge in [0.05, 0.1) is 24.2 Å². The third-order valence-electron chi connectivity index (χ3n) is 7.76. The van der Waals surface area contributed by atoms with Crippen molar-refractivity contribution in [3.8, 4) is 11.8 Å². The third kappa shape index (κ3) is 8.07. The van der Waals surface area contributed by atoms with Gasteiger partial charge in [-0.2, -0.15) is 0 Å². The number of ether oxygens (including phenoxy) is 2. The van der Waals surface area contributed by atoms with Gasteiger partial charge in [-0.05, 0) is 79.5 Å². The van der Waals surface area contributed by atoms with E-state index in [4.69, 9.17) is 14.6 Å². The Kier molecular flexibility index (Phi) is 11.1. The number of aliphatic hydroxyl groups is 3. The molecule has 0 saturated carbocycles. The standard InChI is InChI=1S/C34H34FNO10/c1-3-24(45-34-31(41)27(38)18-28(46-34)33(43)44)14-4-19(2)30-25(15-16-26(37)21-8-10-22(35)11-9-21)32(42)36(30)23-12-5-20(6-13-23)7-17-29(39)40/h3-6,8-14,25-28,30-31,34,37-38,41H,2,15-16,18H2,1H3,(H,39,40)(H,43,44)/b14-4-,24-3+/t25-,26+,27+,28+,30-,31-,34-/m1/s1. The molecule has 7 atom stereocenters. The minimum Gasteiger partial charge on any atom is -0.479 e. The van der Waals surface area contributed by atoms with E-state index < -0.39 is 60.4 Å². The van der Waals surface area contributed by atoms with E-state index in [-0.39, 0.29) is 30.9 Å². The average Bonchev–Trinajstić information content (AvgIpc) is 3.03. The third-order valence-corrected chi connectivity index (χ3v) is 7.76. The lowest BCUT2D eigenvalue weighted by atomic mass is 9.78. The monoisotopic (exact) mass is 635 g/mol. The van der Waals surface area contributed by atoms with Gasteiger partial charge in [0.25, 0.3) is 0 Å². The zero-order chi connectivity index (χ0) is 33.5. The summed E-state index contributed by atoms with van der Waals surface area (Å²) >= 11 is 0. The highest BCUT2D eigenvalue weighted by atomic mass is 19.1. The number of carboxylic acid groups (broad SMARTS) is 2. The average molecular weight is 636 g/mol. The van der Waals surface area contributed by atoms with Crippen LogP contribution in [0.1, 0.15) is 43.4 Å². The Morgan fingerprint density at radius 2 is 1.80 bits per heavy atom. The van der Waals surface area contributed by atoms with E-state index in [0.29, 0.717) is 22.4 Å². The van der Waals surface area contributed by atoms with Gasteiger partial charge in [0.1, 0.15) is 17.7 Å². The van der Waals surface area contributed by atoms with Gasteiger partial charge in [0, 0.05) is 23.6 Å². The van der Waals surface area contributed by atoms with Gasteiger partial charge >= 0.3 is 11.9 Å². The van der Waals surface area contributed by atoms with Gasteiger partial charge < -0.3 is 39.9 Å². The van der Waals surface area contributed by atoms with E-state index in [1.165, 1.54) is 41.3 Å². The van der Waals surface area contributed by atoms with E-state index >= 15 is 0 Å². The first kappa shape index (κ1) is 34.1. The van der Waals surface area contributed by atoms with Crippen LogP contribution in [-0.2, 0) is 23.9 Å². The molecule has 5 N–H and O–H groups in total. The van der Waals surface area contributed by atoms with E-state index in [1.807, 2.05) is 5.92 Å². The van der Waals surface area contributed by atoms with Crippen molar-refractivity contribution in [2.45, 2.75) is 62.9 Å². The van der Waals surface area contributed by atoms with E-state index in [2.05, 4.69) is 12.5 Å². The van der Waals surface area contributed by atoms with Crippen LogP contribution in [-0.4, -0.2) is 74.0 Å². The van der Waals surface area contributed by atoms with Crippen molar-refractivity contribution < 1.29 is 53.8 Å². The van der Waals surface area contributed by atoms with Crippen molar-refractivity contribution in [3.63, 3.8) is 0 Å². The molecule has 2 fully saturated rings. The number of aliphatic hydroxyl groups excluding tert-OH is 3. The number of rotatable bonds is 11. The molecule has 0 aromatic heterocycles. The number of carbonyl (C=O) groups excluding carboxylic acids is 1. The van der Waals surface area contributed by atoms with E-state index in [0.717, 1.165) is 0 Å². The van der Waals surface area contributed by atoms with Crippen molar-refractivity contribution in [2.75, 3.05) is 4.90 Å². The Hall–Kier alpha value is -4.80. The number of carboxylic acids is 2. The molecule has 11 nitrogen and oxygen atoms in total. The Morgan fingerprint density at radius 3 is 2.41 bits per heavy atom. The normalized spacial score (nSPS) is 25.3. The van der Waals surface area contributed by atoms with Crippen LogP contribution in [0.3, 0.4) is 0 Å². The number of nitrogens with zero attached hydrogens (tertiary/aromatic N) is 1. The molecule has 2 aromatic carbocycles. The smallest absolute Gasteiger partial charge is 0.382 e. The van der Waals surface area contributed by atoms with Crippen LogP contribution in [0.4, 0.5) is 10.1 Å². The molecule has 4 rings (SSSR count). The Bertz CT molecular complexity index is 1570. The summed E-state index contributed by atoms with van der Waals surface area (Å²) in [6.07, 6.45) is -1.83. The summed E-state index contributed by atoms with van der Waals surface area (Å²) in [5.74, 6) is 0.887. The quantitative estimate of drug-likeness (QED) is 0.107. The number of allylic oxidation sites excluding steroid dienone is 2. The number of aliphatic carboxylic acids is 2. The molecule has 0 aliphatic carbocycles. The summed E-state index contributed by atoms with van der Waals surface area (Å²) in [6.45, 7) is 5.80. The van der Waals surface area contributed by atoms with Gasteiger partial charge in [-0.25, -0.2) is 14.0 Å². The minimum absolute atomic E-state index is 0.172. The Labute approximate surface area is 264 Å². The highest BCUT2D eigenvalue weighted by Crippen LogP contribution is 2.40. The summed E-state index contributed by atoms with van der Waals surface area (Å²) in [5.41, 5.74) is 1.93. The molecule has 0 bridgehead atoms. The molecular weight excluding hydrogens is 601 g/mol. The maximum absolute atomic E-state index is 13.5. The lowest BCUT2D eigenvalue weighted by molar-refractivity contribution is -0.253. The van der Waals surface area contributed by atoms with Crippen molar-refractivity contribution in [3.05, 3.63) is 102 Å². The minimum atomic E-state index is -1.50. The molecule has 2 heterocycles. The number of hydrogen-bond donors (Lipinski definition) is 5. The number of benzene rings is 2. The molecule has 46 heavy (non-hydrogen) atoms. The fraction of sp³-hybridized carbons (Fsp3) is 0.324. The second kappa shape index (κ2) is 15.0. The zero-order valence-corrected chi connectivity index (χ0v) is 24.8. The fourth-order valence-corrected chi connectivity index (χ4v) is 5.28. The van der Waals surface area contributed by atoms with Crippen LogP contribution >= 0.6 is 0 Å². The fourth-order valence-electron chi connectivity index (χ4n) is 5.28. The molecule has 0 unspecified atom stereocenters. The van der Waals surface area contributed by atoms with Crippen molar-refractivity contribution in [1.29, 1.82) is 0 Å². The molecular formula is C34H34FNO10. The van der Waals surface area contributed by atoms with Crippen LogP contribution in [0, 0.1) is 23.6 Å². The van der Waals surface area contributed by atoms with Crippen LogP contribution in [0.25, 0.3) is 0 Å². The molecule has 242 valence electrons.